The zero-order valence-electron chi connectivity index (χ0n) is 15.7. The van der Waals surface area contributed by atoms with Gasteiger partial charge in [0, 0.05) is 40.6 Å². The molecule has 1 aliphatic carbocycles. The number of ether oxygens (including phenoxy) is 1. The molecule has 1 fully saturated rings. The maximum atomic E-state index is 12.2. The maximum absolute atomic E-state index is 12.2. The lowest BCUT2D eigenvalue weighted by Gasteiger charge is -2.10. The number of aryl methyl sites for hydroxylation is 1. The van der Waals surface area contributed by atoms with Gasteiger partial charge in [0.15, 0.2) is 0 Å². The first-order chi connectivity index (χ1) is 13.6. The van der Waals surface area contributed by atoms with Crippen LogP contribution in [-0.2, 0) is 24.4 Å². The Morgan fingerprint density at radius 3 is 3.00 bits per heavy atom. The normalized spacial score (nSPS) is 14.6. The molecule has 1 amide bonds. The van der Waals surface area contributed by atoms with Gasteiger partial charge in [0.2, 0.25) is 5.91 Å². The summed E-state index contributed by atoms with van der Waals surface area (Å²) in [5.74, 6) is 0.825. The first-order valence-electron chi connectivity index (χ1n) is 9.39. The first-order valence-corrected chi connectivity index (χ1v) is 9.39. The summed E-state index contributed by atoms with van der Waals surface area (Å²) in [6.45, 7) is 2.75. The molecule has 0 aliphatic heterocycles. The maximum Gasteiger partial charge on any atom is 0.226 e. The van der Waals surface area contributed by atoms with Crippen molar-refractivity contribution in [2.45, 2.75) is 45.8 Å². The van der Waals surface area contributed by atoms with Gasteiger partial charge in [0.25, 0.3) is 0 Å². The van der Waals surface area contributed by atoms with Gasteiger partial charge in [0.1, 0.15) is 24.3 Å². The van der Waals surface area contributed by atoms with Gasteiger partial charge >= 0.3 is 0 Å². The van der Waals surface area contributed by atoms with E-state index in [0.717, 1.165) is 35.0 Å². The second kappa shape index (κ2) is 7.39. The summed E-state index contributed by atoms with van der Waals surface area (Å²) in [6, 6.07) is 9.94. The number of nitriles is 1. The van der Waals surface area contributed by atoms with E-state index in [1.165, 1.54) is 6.26 Å². The summed E-state index contributed by atoms with van der Waals surface area (Å²) in [4.78, 5) is 15.5. The van der Waals surface area contributed by atoms with Crippen molar-refractivity contribution in [3.8, 4) is 11.8 Å². The number of nitrogens with one attached hydrogen (secondary N) is 2. The van der Waals surface area contributed by atoms with Crippen molar-refractivity contribution in [1.29, 1.82) is 5.26 Å². The van der Waals surface area contributed by atoms with E-state index < -0.39 is 0 Å². The van der Waals surface area contributed by atoms with E-state index in [2.05, 4.69) is 21.5 Å². The van der Waals surface area contributed by atoms with Crippen LogP contribution < -0.4 is 10.1 Å². The quantitative estimate of drug-likeness (QED) is 0.623. The van der Waals surface area contributed by atoms with E-state index in [9.17, 15) is 4.79 Å². The lowest BCUT2D eigenvalue weighted by Crippen LogP contribution is -2.29. The van der Waals surface area contributed by atoms with E-state index in [-0.39, 0.29) is 11.3 Å². The van der Waals surface area contributed by atoms with Crippen LogP contribution in [0.1, 0.15) is 43.1 Å². The monoisotopic (exact) mass is 378 g/mol. The predicted molar refractivity (Wildman–Crippen MR) is 102 cm³/mol. The molecule has 2 aromatic heterocycles. The molecule has 0 unspecified atom stereocenters. The third kappa shape index (κ3) is 3.86. The summed E-state index contributed by atoms with van der Waals surface area (Å²) in [5.41, 5.74) is 3.36. The van der Waals surface area contributed by atoms with Gasteiger partial charge in [-0.3, -0.25) is 4.79 Å². The van der Waals surface area contributed by atoms with Crippen LogP contribution in [-0.4, -0.2) is 16.0 Å². The smallest absolute Gasteiger partial charge is 0.226 e. The van der Waals surface area contributed by atoms with Crippen LogP contribution in [0.5, 0.6) is 5.75 Å². The van der Waals surface area contributed by atoms with Crippen molar-refractivity contribution < 1.29 is 14.1 Å². The number of amides is 1. The van der Waals surface area contributed by atoms with Crippen LogP contribution in [0, 0.1) is 16.7 Å². The molecular weight excluding hydrogens is 356 g/mol. The van der Waals surface area contributed by atoms with Crippen molar-refractivity contribution in [3.63, 3.8) is 0 Å². The second-order valence-electron chi connectivity index (χ2n) is 7.52. The molecule has 0 saturated heterocycles. The van der Waals surface area contributed by atoms with E-state index in [4.69, 9.17) is 14.5 Å². The molecule has 2 N–H and O–H groups in total. The van der Waals surface area contributed by atoms with Crippen LogP contribution in [0.4, 0.5) is 0 Å². The topological polar surface area (TPSA) is 104 Å². The molecule has 144 valence electrons. The number of H-pyrrole nitrogens is 1. The SMILES string of the molecule is CC1(C(=O)NCc2cc3cc(CCC#N)c(OCc4ccon4)cc3[nH]2)CC1. The highest BCUT2D eigenvalue weighted by Crippen LogP contribution is 2.45. The molecule has 4 rings (SSSR count). The minimum atomic E-state index is -0.182. The van der Waals surface area contributed by atoms with Crippen molar-refractivity contribution in [2.24, 2.45) is 5.41 Å². The third-order valence-electron chi connectivity index (χ3n) is 5.22. The van der Waals surface area contributed by atoms with Crippen molar-refractivity contribution in [2.75, 3.05) is 0 Å². The van der Waals surface area contributed by atoms with Gasteiger partial charge in [0.05, 0.1) is 12.6 Å². The zero-order chi connectivity index (χ0) is 19.6. The van der Waals surface area contributed by atoms with E-state index in [1.807, 2.05) is 25.1 Å². The molecule has 0 radical (unpaired) electrons. The first kappa shape index (κ1) is 18.1. The predicted octanol–water partition coefficient (Wildman–Crippen LogP) is 3.61. The van der Waals surface area contributed by atoms with Gasteiger partial charge in [-0.05, 0) is 37.0 Å². The van der Waals surface area contributed by atoms with E-state index >= 15 is 0 Å². The Morgan fingerprint density at radius 1 is 1.43 bits per heavy atom. The Kier molecular flexibility index (Phi) is 4.78. The molecule has 3 aromatic rings. The molecule has 0 atom stereocenters. The highest BCUT2D eigenvalue weighted by atomic mass is 16.5. The summed E-state index contributed by atoms with van der Waals surface area (Å²) in [5, 5.41) is 16.8. The van der Waals surface area contributed by atoms with Crippen molar-refractivity contribution in [3.05, 3.63) is 47.5 Å². The molecular formula is C21H22N4O3. The van der Waals surface area contributed by atoms with E-state index in [0.29, 0.717) is 37.4 Å². The van der Waals surface area contributed by atoms with Crippen molar-refractivity contribution in [1.82, 2.24) is 15.5 Å². The van der Waals surface area contributed by atoms with Crippen LogP contribution >= 0.6 is 0 Å². The Hall–Kier alpha value is -3.27. The lowest BCUT2D eigenvalue weighted by molar-refractivity contribution is -0.125. The summed E-state index contributed by atoms with van der Waals surface area (Å²) >= 11 is 0. The number of carbonyl (C=O) groups is 1. The minimum absolute atomic E-state index is 0.109. The fraction of sp³-hybridized carbons (Fsp3) is 0.381. The van der Waals surface area contributed by atoms with Gasteiger partial charge in [-0.1, -0.05) is 12.1 Å². The average molecular weight is 378 g/mol. The molecule has 1 aromatic carbocycles. The summed E-state index contributed by atoms with van der Waals surface area (Å²) in [7, 11) is 0. The number of carbonyl (C=O) groups excluding carboxylic acids is 1. The zero-order valence-corrected chi connectivity index (χ0v) is 15.7. The molecule has 1 aliphatic rings. The second-order valence-corrected chi connectivity index (χ2v) is 7.52. The molecule has 2 heterocycles. The summed E-state index contributed by atoms with van der Waals surface area (Å²) < 4.78 is 10.8. The highest BCUT2D eigenvalue weighted by molar-refractivity contribution is 5.85. The molecule has 1 saturated carbocycles. The van der Waals surface area contributed by atoms with Gasteiger partial charge in [-0.15, -0.1) is 0 Å². The average Bonchev–Trinajstić information content (AvgIpc) is 3.10. The number of fused-ring (bicyclic) bond motifs is 1. The number of benzene rings is 1. The fourth-order valence-corrected chi connectivity index (χ4v) is 3.15. The standard InChI is InChI=1S/C21H22N4O3/c1-21(5-6-21)20(26)23-12-17-10-15-9-14(3-2-7-22)19(11-18(15)24-17)27-13-16-4-8-28-25-16/h4,8-11,24H,2-3,5-6,12-13H2,1H3,(H,23,26). The number of hydrogen-bond acceptors (Lipinski definition) is 5. The summed E-state index contributed by atoms with van der Waals surface area (Å²) in [6.07, 6.45) is 4.44. The largest absolute Gasteiger partial charge is 0.487 e. The third-order valence-corrected chi connectivity index (χ3v) is 5.22. The van der Waals surface area contributed by atoms with Crippen LogP contribution in [0.3, 0.4) is 0 Å². The van der Waals surface area contributed by atoms with Gasteiger partial charge in [-0.2, -0.15) is 5.26 Å². The highest BCUT2D eigenvalue weighted by Gasteiger charge is 2.44. The number of aromatic amines is 1. The van der Waals surface area contributed by atoms with E-state index in [1.54, 1.807) is 6.07 Å². The van der Waals surface area contributed by atoms with Crippen LogP contribution in [0.15, 0.2) is 35.1 Å². The minimum Gasteiger partial charge on any atom is -0.487 e. The molecule has 0 spiro atoms. The van der Waals surface area contributed by atoms with Crippen molar-refractivity contribution >= 4 is 16.8 Å². The number of hydrogen-bond donors (Lipinski definition) is 2. The van der Waals surface area contributed by atoms with Gasteiger partial charge < -0.3 is 19.6 Å². The molecule has 0 bridgehead atoms. The van der Waals surface area contributed by atoms with Crippen LogP contribution in [0.25, 0.3) is 10.9 Å². The Balaban J connectivity index is 1.53. The molecule has 7 heteroatoms. The number of aromatic nitrogens is 2. The Labute approximate surface area is 162 Å². The number of nitrogens with zero attached hydrogens (tertiary/aromatic N) is 2. The Morgan fingerprint density at radius 2 is 2.29 bits per heavy atom. The lowest BCUT2D eigenvalue weighted by atomic mass is 10.1. The molecule has 7 nitrogen and oxygen atoms in total. The number of rotatable bonds is 8. The molecule has 28 heavy (non-hydrogen) atoms. The fourth-order valence-electron chi connectivity index (χ4n) is 3.15. The Bertz CT molecular complexity index is 1030. The van der Waals surface area contributed by atoms with Gasteiger partial charge in [-0.25, -0.2) is 0 Å². The van der Waals surface area contributed by atoms with Crippen LogP contribution in [0.2, 0.25) is 0 Å².